The fourth-order valence-corrected chi connectivity index (χ4v) is 4.12. The van der Waals surface area contributed by atoms with Crippen LogP contribution in [0.5, 0.6) is 0 Å². The van der Waals surface area contributed by atoms with Crippen molar-refractivity contribution in [1.29, 1.82) is 0 Å². The summed E-state index contributed by atoms with van der Waals surface area (Å²) in [7, 11) is 0. The van der Waals surface area contributed by atoms with Crippen molar-refractivity contribution in [2.45, 2.75) is 26.8 Å². The van der Waals surface area contributed by atoms with E-state index in [4.69, 9.17) is 0 Å². The first-order valence-electron chi connectivity index (χ1n) is 8.87. The summed E-state index contributed by atoms with van der Waals surface area (Å²) in [4.78, 5) is 9.22. The van der Waals surface area contributed by atoms with Crippen molar-refractivity contribution in [3.63, 3.8) is 0 Å². The summed E-state index contributed by atoms with van der Waals surface area (Å²) >= 11 is 1.73. The molecule has 4 heterocycles. The summed E-state index contributed by atoms with van der Waals surface area (Å²) in [6, 6.07) is 6.44. The molecule has 8 heteroatoms. The lowest BCUT2D eigenvalue weighted by atomic mass is 10.2. The van der Waals surface area contributed by atoms with E-state index >= 15 is 0 Å². The molecule has 0 N–H and O–H groups in total. The molecule has 0 bridgehead atoms. The van der Waals surface area contributed by atoms with Crippen molar-refractivity contribution in [3.8, 4) is 5.82 Å². The van der Waals surface area contributed by atoms with Gasteiger partial charge in [-0.05, 0) is 39.0 Å². The zero-order valence-electron chi connectivity index (χ0n) is 15.3. The van der Waals surface area contributed by atoms with Gasteiger partial charge in [0.2, 0.25) is 0 Å². The van der Waals surface area contributed by atoms with Crippen LogP contribution in [0.1, 0.15) is 29.4 Å². The lowest BCUT2D eigenvalue weighted by molar-refractivity contribution is 0.198. The van der Waals surface area contributed by atoms with E-state index in [2.05, 4.69) is 37.0 Å². The van der Waals surface area contributed by atoms with E-state index in [1.807, 2.05) is 48.3 Å². The van der Waals surface area contributed by atoms with Crippen LogP contribution in [-0.4, -0.2) is 56.0 Å². The Morgan fingerprint density at radius 1 is 1.04 bits per heavy atom. The number of aryl methyl sites for hydroxylation is 2. The number of piperazine rings is 1. The minimum atomic E-state index is 0.372. The van der Waals surface area contributed by atoms with Gasteiger partial charge in [-0.3, -0.25) is 4.90 Å². The van der Waals surface area contributed by atoms with Crippen LogP contribution < -0.4 is 4.90 Å². The van der Waals surface area contributed by atoms with E-state index in [0.29, 0.717) is 6.04 Å². The van der Waals surface area contributed by atoms with Crippen LogP contribution in [0.4, 0.5) is 5.82 Å². The molecule has 1 aliphatic heterocycles. The van der Waals surface area contributed by atoms with E-state index in [0.717, 1.165) is 49.2 Å². The van der Waals surface area contributed by atoms with E-state index in [1.54, 1.807) is 11.3 Å². The van der Waals surface area contributed by atoms with Gasteiger partial charge in [0.1, 0.15) is 5.01 Å². The van der Waals surface area contributed by atoms with Gasteiger partial charge in [0.15, 0.2) is 11.6 Å². The molecule has 1 fully saturated rings. The molecule has 0 spiro atoms. The first-order chi connectivity index (χ1) is 12.6. The third kappa shape index (κ3) is 3.34. The fourth-order valence-electron chi connectivity index (χ4n) is 3.40. The average Bonchev–Trinajstić information content (AvgIpc) is 3.31. The molecular weight excluding hydrogens is 346 g/mol. The van der Waals surface area contributed by atoms with E-state index in [-0.39, 0.29) is 0 Å². The number of aromatic nitrogens is 5. The van der Waals surface area contributed by atoms with Crippen LogP contribution in [0.2, 0.25) is 0 Å². The largest absolute Gasteiger partial charge is 0.353 e. The molecule has 1 unspecified atom stereocenters. The fraction of sp³-hybridized carbons (Fsp3) is 0.444. The normalized spacial score (nSPS) is 16.8. The Labute approximate surface area is 157 Å². The summed E-state index contributed by atoms with van der Waals surface area (Å²) in [5.74, 6) is 1.69. The molecule has 7 nitrogen and oxygen atoms in total. The minimum Gasteiger partial charge on any atom is -0.353 e. The predicted octanol–water partition coefficient (Wildman–Crippen LogP) is 2.62. The average molecular weight is 369 g/mol. The van der Waals surface area contributed by atoms with E-state index in [1.165, 1.54) is 5.01 Å². The molecule has 1 atom stereocenters. The van der Waals surface area contributed by atoms with Gasteiger partial charge in [-0.2, -0.15) is 5.10 Å². The highest BCUT2D eigenvalue weighted by Gasteiger charge is 2.24. The molecule has 0 amide bonds. The number of rotatable bonds is 4. The summed E-state index contributed by atoms with van der Waals surface area (Å²) in [5.41, 5.74) is 2.05. The topological polar surface area (TPSA) is 63.0 Å². The van der Waals surface area contributed by atoms with Crippen LogP contribution >= 0.6 is 11.3 Å². The Hall–Kier alpha value is -2.32. The maximum atomic E-state index is 4.47. The molecule has 1 aliphatic rings. The number of anilines is 1. The van der Waals surface area contributed by atoms with Crippen molar-refractivity contribution < 1.29 is 0 Å². The third-order valence-corrected chi connectivity index (χ3v) is 5.80. The number of thiazole rings is 1. The maximum absolute atomic E-state index is 4.47. The van der Waals surface area contributed by atoms with Gasteiger partial charge in [0, 0.05) is 43.4 Å². The highest BCUT2D eigenvalue weighted by atomic mass is 32.1. The molecule has 0 aromatic carbocycles. The highest BCUT2D eigenvalue weighted by Crippen LogP contribution is 2.24. The molecule has 26 heavy (non-hydrogen) atoms. The van der Waals surface area contributed by atoms with Gasteiger partial charge >= 0.3 is 0 Å². The Morgan fingerprint density at radius 3 is 2.35 bits per heavy atom. The van der Waals surface area contributed by atoms with Gasteiger partial charge < -0.3 is 4.90 Å². The first kappa shape index (κ1) is 17.1. The first-order valence-corrected chi connectivity index (χ1v) is 9.75. The quantitative estimate of drug-likeness (QED) is 0.704. The minimum absolute atomic E-state index is 0.372. The van der Waals surface area contributed by atoms with Crippen LogP contribution in [-0.2, 0) is 0 Å². The lowest BCUT2D eigenvalue weighted by Gasteiger charge is -2.37. The Balaban J connectivity index is 1.41. The zero-order chi connectivity index (χ0) is 18.1. The molecule has 4 rings (SSSR count). The SMILES string of the molecule is Cc1cc(C)n(-c2ccc(N3CCN(C(C)c4nccs4)CC3)nn2)n1. The van der Waals surface area contributed by atoms with Crippen LogP contribution in [0.3, 0.4) is 0 Å². The van der Waals surface area contributed by atoms with Crippen LogP contribution in [0.25, 0.3) is 5.82 Å². The zero-order valence-corrected chi connectivity index (χ0v) is 16.1. The summed E-state index contributed by atoms with van der Waals surface area (Å²) < 4.78 is 1.83. The number of hydrogen-bond donors (Lipinski definition) is 0. The van der Waals surface area contributed by atoms with Crippen molar-refractivity contribution >= 4 is 17.2 Å². The molecule has 1 saturated heterocycles. The van der Waals surface area contributed by atoms with Gasteiger partial charge in [0.05, 0.1) is 11.7 Å². The summed E-state index contributed by atoms with van der Waals surface area (Å²) in [5, 5.41) is 16.5. The van der Waals surface area contributed by atoms with Gasteiger partial charge in [-0.1, -0.05) is 0 Å². The summed E-state index contributed by atoms with van der Waals surface area (Å²) in [6.45, 7) is 10.1. The predicted molar refractivity (Wildman–Crippen MR) is 103 cm³/mol. The lowest BCUT2D eigenvalue weighted by Crippen LogP contribution is -2.47. The highest BCUT2D eigenvalue weighted by molar-refractivity contribution is 7.09. The van der Waals surface area contributed by atoms with Crippen molar-refractivity contribution in [2.75, 3.05) is 31.1 Å². The molecule has 3 aromatic rings. The van der Waals surface area contributed by atoms with Crippen LogP contribution in [0, 0.1) is 13.8 Å². The molecule has 0 radical (unpaired) electrons. The van der Waals surface area contributed by atoms with Gasteiger partial charge in [0.25, 0.3) is 0 Å². The van der Waals surface area contributed by atoms with E-state index in [9.17, 15) is 0 Å². The monoisotopic (exact) mass is 369 g/mol. The standard InChI is InChI=1S/C18H23N7S/c1-13-12-14(2)25(22-13)17-5-4-16(20-21-17)24-9-7-23(8-10-24)15(3)18-19-6-11-26-18/h4-6,11-12,15H,7-10H2,1-3H3. The Kier molecular flexibility index (Phi) is 4.69. The molecule has 3 aromatic heterocycles. The number of nitrogens with zero attached hydrogens (tertiary/aromatic N) is 7. The third-order valence-electron chi connectivity index (χ3n) is 4.86. The molecule has 0 aliphatic carbocycles. The number of hydrogen-bond acceptors (Lipinski definition) is 7. The molecule has 0 saturated carbocycles. The summed E-state index contributed by atoms with van der Waals surface area (Å²) in [6.07, 6.45) is 1.88. The second-order valence-corrected chi connectivity index (χ2v) is 7.58. The van der Waals surface area contributed by atoms with Gasteiger partial charge in [-0.15, -0.1) is 21.5 Å². The molecule has 136 valence electrons. The smallest absolute Gasteiger partial charge is 0.176 e. The van der Waals surface area contributed by atoms with Gasteiger partial charge in [-0.25, -0.2) is 9.67 Å². The van der Waals surface area contributed by atoms with Crippen molar-refractivity contribution in [1.82, 2.24) is 29.9 Å². The molecular formula is C18H23N7S. The maximum Gasteiger partial charge on any atom is 0.176 e. The Morgan fingerprint density at radius 2 is 1.77 bits per heavy atom. The Bertz CT molecular complexity index is 848. The van der Waals surface area contributed by atoms with E-state index < -0.39 is 0 Å². The van der Waals surface area contributed by atoms with Crippen molar-refractivity contribution in [2.24, 2.45) is 0 Å². The second-order valence-electron chi connectivity index (χ2n) is 6.66. The second kappa shape index (κ2) is 7.13. The van der Waals surface area contributed by atoms with Crippen molar-refractivity contribution in [3.05, 3.63) is 46.2 Å². The van der Waals surface area contributed by atoms with Crippen LogP contribution in [0.15, 0.2) is 29.8 Å².